The lowest BCUT2D eigenvalue weighted by molar-refractivity contribution is -0.139. The van der Waals surface area contributed by atoms with Crippen LogP contribution in [-0.2, 0) is 9.59 Å². The summed E-state index contributed by atoms with van der Waals surface area (Å²) < 4.78 is 5.29. The molecule has 2 aromatic carbocycles. The molecule has 0 unspecified atom stereocenters. The van der Waals surface area contributed by atoms with Gasteiger partial charge < -0.3 is 9.64 Å². The van der Waals surface area contributed by atoms with Crippen molar-refractivity contribution in [1.29, 1.82) is 0 Å². The highest BCUT2D eigenvalue weighted by Crippen LogP contribution is 2.36. The van der Waals surface area contributed by atoms with E-state index in [0.717, 1.165) is 0 Å². The average Bonchev–Trinajstić information content (AvgIpc) is 3.00. The Morgan fingerprint density at radius 2 is 1.88 bits per heavy atom. The fourth-order valence-corrected chi connectivity index (χ4v) is 3.01. The van der Waals surface area contributed by atoms with Crippen molar-refractivity contribution in [2.24, 2.45) is 5.92 Å². The second kappa shape index (κ2) is 7.25. The lowest BCUT2D eigenvalue weighted by atomic mass is 10.1. The highest BCUT2D eigenvalue weighted by atomic mass is 35.5. The van der Waals surface area contributed by atoms with Crippen molar-refractivity contribution in [3.05, 3.63) is 58.1 Å². The van der Waals surface area contributed by atoms with Crippen LogP contribution in [-0.4, -0.2) is 24.7 Å². The second-order valence-electron chi connectivity index (χ2n) is 5.59. The molecule has 0 aliphatic carbocycles. The third-order valence-electron chi connectivity index (χ3n) is 3.92. The molecule has 25 heavy (non-hydrogen) atoms. The van der Waals surface area contributed by atoms with Crippen molar-refractivity contribution in [1.82, 2.24) is 0 Å². The van der Waals surface area contributed by atoms with E-state index in [1.54, 1.807) is 30.3 Å². The number of anilines is 1. The Bertz CT molecular complexity index is 835. The van der Waals surface area contributed by atoms with E-state index in [4.69, 9.17) is 27.9 Å². The number of hydrogen-bond acceptors (Lipinski definition) is 4. The topological polar surface area (TPSA) is 63.7 Å². The predicted octanol–water partition coefficient (Wildman–Crippen LogP) is 3.76. The fourth-order valence-electron chi connectivity index (χ4n) is 2.61. The molecule has 1 aliphatic rings. The molecule has 128 valence electrons. The zero-order valence-corrected chi connectivity index (χ0v) is 14.5. The number of rotatable bonds is 4. The Morgan fingerprint density at radius 3 is 2.56 bits per heavy atom. The van der Waals surface area contributed by atoms with Crippen LogP contribution in [0.4, 0.5) is 5.69 Å². The molecule has 1 heterocycles. The van der Waals surface area contributed by atoms with E-state index in [-0.39, 0.29) is 23.9 Å². The first-order valence-corrected chi connectivity index (χ1v) is 8.26. The van der Waals surface area contributed by atoms with Crippen LogP contribution in [0.15, 0.2) is 42.5 Å². The van der Waals surface area contributed by atoms with E-state index < -0.39 is 11.9 Å². The number of ether oxygens (including phenoxy) is 1. The number of halogens is 2. The van der Waals surface area contributed by atoms with Gasteiger partial charge in [-0.15, -0.1) is 0 Å². The minimum atomic E-state index is -0.603. The average molecular weight is 378 g/mol. The molecule has 0 saturated carbocycles. The molecule has 0 radical (unpaired) electrons. The molecular formula is C18H13Cl2NO4. The molecule has 0 aromatic heterocycles. The Morgan fingerprint density at radius 1 is 1.16 bits per heavy atom. The largest absolute Gasteiger partial charge is 0.426 e. The molecule has 2 aromatic rings. The minimum Gasteiger partial charge on any atom is -0.426 e. The number of amides is 1. The van der Waals surface area contributed by atoms with Gasteiger partial charge in [0.15, 0.2) is 0 Å². The van der Waals surface area contributed by atoms with Gasteiger partial charge in [-0.25, -0.2) is 0 Å². The van der Waals surface area contributed by atoms with Crippen LogP contribution in [0.5, 0.6) is 5.75 Å². The summed E-state index contributed by atoms with van der Waals surface area (Å²) in [4.78, 5) is 36.7. The maximum atomic E-state index is 12.3. The zero-order valence-electron chi connectivity index (χ0n) is 12.9. The quantitative estimate of drug-likeness (QED) is 0.462. The fraction of sp³-hybridized carbons (Fsp3) is 0.167. The normalized spacial score (nSPS) is 16.8. The number of benzene rings is 2. The summed E-state index contributed by atoms with van der Waals surface area (Å²) in [6.45, 7) is 0.171. The van der Waals surface area contributed by atoms with Crippen LogP contribution in [0.25, 0.3) is 0 Å². The molecule has 1 fully saturated rings. The van der Waals surface area contributed by atoms with Crippen molar-refractivity contribution in [3.8, 4) is 5.75 Å². The van der Waals surface area contributed by atoms with Crippen molar-refractivity contribution < 1.29 is 19.1 Å². The van der Waals surface area contributed by atoms with Crippen molar-refractivity contribution in [2.45, 2.75) is 6.42 Å². The molecule has 0 N–H and O–H groups in total. The molecule has 3 rings (SSSR count). The summed E-state index contributed by atoms with van der Waals surface area (Å²) in [5.74, 6) is -1.01. The van der Waals surface area contributed by atoms with Crippen molar-refractivity contribution >= 4 is 47.1 Å². The molecule has 1 aliphatic heterocycles. The predicted molar refractivity (Wildman–Crippen MR) is 94.4 cm³/mol. The van der Waals surface area contributed by atoms with Crippen LogP contribution in [0.2, 0.25) is 10.0 Å². The smallest absolute Gasteiger partial charge is 0.316 e. The summed E-state index contributed by atoms with van der Waals surface area (Å²) in [6, 6.07) is 11.2. The molecular weight excluding hydrogens is 365 g/mol. The minimum absolute atomic E-state index is 0.0358. The summed E-state index contributed by atoms with van der Waals surface area (Å²) >= 11 is 12.1. The maximum Gasteiger partial charge on any atom is 0.316 e. The molecule has 0 bridgehead atoms. The van der Waals surface area contributed by atoms with E-state index in [0.29, 0.717) is 28.3 Å². The second-order valence-corrected chi connectivity index (χ2v) is 6.37. The number of hydrogen-bond donors (Lipinski definition) is 0. The first-order valence-electron chi connectivity index (χ1n) is 7.51. The lowest BCUT2D eigenvalue weighted by Crippen LogP contribution is -2.27. The summed E-state index contributed by atoms with van der Waals surface area (Å²) in [6.07, 6.45) is 0.738. The van der Waals surface area contributed by atoms with Gasteiger partial charge in [0.25, 0.3) is 0 Å². The van der Waals surface area contributed by atoms with Gasteiger partial charge in [-0.2, -0.15) is 0 Å². The van der Waals surface area contributed by atoms with Gasteiger partial charge in [-0.05, 0) is 36.4 Å². The summed E-state index contributed by atoms with van der Waals surface area (Å²) in [7, 11) is 0. The van der Waals surface area contributed by atoms with Gasteiger partial charge in [-0.1, -0.05) is 29.3 Å². The van der Waals surface area contributed by atoms with Crippen molar-refractivity contribution in [3.63, 3.8) is 0 Å². The highest BCUT2D eigenvalue weighted by molar-refractivity contribution is 6.44. The van der Waals surface area contributed by atoms with Gasteiger partial charge >= 0.3 is 5.97 Å². The number of carbonyl (C=O) groups excluding carboxylic acids is 3. The SMILES string of the molecule is O=Cc1ccc(OC(=O)[C@@H]2CC(=O)N(c3cccc(Cl)c3Cl)C2)cc1. The van der Waals surface area contributed by atoms with Crippen LogP contribution >= 0.6 is 23.2 Å². The molecule has 5 nitrogen and oxygen atoms in total. The Kier molecular flexibility index (Phi) is 5.06. The number of aldehydes is 1. The van der Waals surface area contributed by atoms with E-state index >= 15 is 0 Å². The van der Waals surface area contributed by atoms with E-state index in [1.165, 1.54) is 17.0 Å². The Labute approximate surface area is 154 Å². The molecule has 1 amide bonds. The molecule has 1 atom stereocenters. The van der Waals surface area contributed by atoms with Crippen molar-refractivity contribution in [2.75, 3.05) is 11.4 Å². The van der Waals surface area contributed by atoms with Crippen LogP contribution < -0.4 is 9.64 Å². The Balaban J connectivity index is 1.72. The van der Waals surface area contributed by atoms with Gasteiger partial charge in [0.05, 0.1) is 21.7 Å². The molecule has 1 saturated heterocycles. The van der Waals surface area contributed by atoms with E-state index in [1.807, 2.05) is 0 Å². The van der Waals surface area contributed by atoms with E-state index in [9.17, 15) is 14.4 Å². The summed E-state index contributed by atoms with van der Waals surface area (Å²) in [5.41, 5.74) is 0.961. The third kappa shape index (κ3) is 3.67. The molecule has 0 spiro atoms. The first-order chi connectivity index (χ1) is 12.0. The standard InChI is InChI=1S/C18H13Cl2NO4/c19-14-2-1-3-15(17(14)20)21-9-12(8-16(21)23)18(24)25-13-6-4-11(10-22)5-7-13/h1-7,10,12H,8-9H2/t12-/m1/s1. The maximum absolute atomic E-state index is 12.3. The van der Waals surface area contributed by atoms with Gasteiger partial charge in [0.2, 0.25) is 5.91 Å². The van der Waals surface area contributed by atoms with E-state index in [2.05, 4.69) is 0 Å². The van der Waals surface area contributed by atoms with Crippen LogP contribution in [0.1, 0.15) is 16.8 Å². The number of nitrogens with zero attached hydrogens (tertiary/aromatic N) is 1. The van der Waals surface area contributed by atoms with Gasteiger partial charge in [0, 0.05) is 18.5 Å². The zero-order chi connectivity index (χ0) is 18.0. The lowest BCUT2D eigenvalue weighted by Gasteiger charge is -2.18. The number of carbonyl (C=O) groups is 3. The monoisotopic (exact) mass is 377 g/mol. The molecule has 7 heteroatoms. The van der Waals surface area contributed by atoms with Crippen LogP contribution in [0, 0.1) is 5.92 Å². The van der Waals surface area contributed by atoms with Gasteiger partial charge in [-0.3, -0.25) is 14.4 Å². The van der Waals surface area contributed by atoms with Crippen LogP contribution in [0.3, 0.4) is 0 Å². The third-order valence-corrected chi connectivity index (χ3v) is 4.72. The van der Waals surface area contributed by atoms with Gasteiger partial charge in [0.1, 0.15) is 12.0 Å². The summed E-state index contributed by atoms with van der Waals surface area (Å²) in [5, 5.41) is 0.615. The Hall–Kier alpha value is -2.37. The number of esters is 1. The highest BCUT2D eigenvalue weighted by Gasteiger charge is 2.37. The first kappa shape index (κ1) is 17.5.